The van der Waals surface area contributed by atoms with E-state index < -0.39 is 6.35 Å². The molecule has 1 fully saturated rings. The van der Waals surface area contributed by atoms with Gasteiger partial charge in [-0.1, -0.05) is 0 Å². The summed E-state index contributed by atoms with van der Waals surface area (Å²) in [7, 11) is 0. The molecule has 4 heteroatoms. The molecule has 0 aliphatic carbocycles. The number of nitrogens with two attached hydrogens (primary N) is 1. The van der Waals surface area contributed by atoms with Gasteiger partial charge in [-0.3, -0.25) is 5.73 Å². The highest BCUT2D eigenvalue weighted by Crippen LogP contribution is 1.97. The van der Waals surface area contributed by atoms with Crippen molar-refractivity contribution in [2.75, 3.05) is 13.2 Å². The molecule has 0 aromatic heterocycles. The summed E-state index contributed by atoms with van der Waals surface area (Å²) in [6, 6.07) is 0. The lowest BCUT2D eigenvalue weighted by atomic mass is 10.7. The maximum absolute atomic E-state index is 8.58. The zero-order valence-corrected chi connectivity index (χ0v) is 3.87. The molecule has 0 bridgehead atoms. The highest BCUT2D eigenvalue weighted by Gasteiger charge is 2.17. The van der Waals surface area contributed by atoms with Gasteiger partial charge in [0.25, 0.3) is 0 Å². The minimum absolute atomic E-state index is 0.515. The molecule has 1 heterocycles. The smallest absolute Gasteiger partial charge is 0.185 e. The zero-order valence-electron chi connectivity index (χ0n) is 3.87. The van der Waals surface area contributed by atoms with Gasteiger partial charge in [0, 0.05) is 0 Å². The van der Waals surface area contributed by atoms with Crippen LogP contribution in [0.15, 0.2) is 0 Å². The first-order chi connectivity index (χ1) is 3.30. The van der Waals surface area contributed by atoms with E-state index in [-0.39, 0.29) is 0 Å². The SMILES string of the molecule is NC1OCCN1O. The van der Waals surface area contributed by atoms with Crippen LogP contribution in [0.1, 0.15) is 0 Å². The molecule has 42 valence electrons. The van der Waals surface area contributed by atoms with E-state index in [4.69, 9.17) is 15.7 Å². The van der Waals surface area contributed by atoms with Gasteiger partial charge in [-0.15, -0.1) is 5.06 Å². The predicted octanol–water partition coefficient (Wildman–Crippen LogP) is -1.05. The highest BCUT2D eigenvalue weighted by atomic mass is 16.6. The quantitative estimate of drug-likeness (QED) is 0.411. The van der Waals surface area contributed by atoms with E-state index in [1.54, 1.807) is 0 Å². The average Bonchev–Trinajstić information content (AvgIpc) is 1.91. The molecule has 0 radical (unpaired) electrons. The van der Waals surface area contributed by atoms with Gasteiger partial charge in [0.1, 0.15) is 0 Å². The summed E-state index contributed by atoms with van der Waals surface area (Å²) >= 11 is 0. The topological polar surface area (TPSA) is 58.7 Å². The number of nitrogens with zero attached hydrogens (tertiary/aromatic N) is 1. The Labute approximate surface area is 41.4 Å². The van der Waals surface area contributed by atoms with Crippen LogP contribution in [0, 0.1) is 0 Å². The van der Waals surface area contributed by atoms with Crippen LogP contribution in [-0.4, -0.2) is 29.8 Å². The molecular weight excluding hydrogens is 96.0 g/mol. The molecule has 7 heavy (non-hydrogen) atoms. The Morgan fingerprint density at radius 2 is 2.57 bits per heavy atom. The van der Waals surface area contributed by atoms with Crippen molar-refractivity contribution in [3.05, 3.63) is 0 Å². The van der Waals surface area contributed by atoms with Crippen LogP contribution in [0.4, 0.5) is 0 Å². The number of hydrogen-bond donors (Lipinski definition) is 2. The van der Waals surface area contributed by atoms with Crippen molar-refractivity contribution in [1.29, 1.82) is 0 Å². The van der Waals surface area contributed by atoms with Crippen molar-refractivity contribution in [2.24, 2.45) is 5.73 Å². The normalized spacial score (nSPS) is 34.3. The van der Waals surface area contributed by atoms with Crippen LogP contribution in [0.5, 0.6) is 0 Å². The molecule has 1 aliphatic heterocycles. The summed E-state index contributed by atoms with van der Waals surface area (Å²) < 4.78 is 4.72. The molecule has 0 spiro atoms. The Bertz CT molecular complexity index is 60.0. The lowest BCUT2D eigenvalue weighted by Crippen LogP contribution is -2.34. The van der Waals surface area contributed by atoms with Crippen LogP contribution in [-0.2, 0) is 4.74 Å². The molecule has 1 aliphatic rings. The molecule has 0 aromatic carbocycles. The second-order valence-corrected chi connectivity index (χ2v) is 1.42. The summed E-state index contributed by atoms with van der Waals surface area (Å²) in [5.74, 6) is 0. The maximum Gasteiger partial charge on any atom is 0.185 e. The van der Waals surface area contributed by atoms with Crippen molar-refractivity contribution >= 4 is 0 Å². The first-order valence-corrected chi connectivity index (χ1v) is 2.13. The Balaban J connectivity index is 2.33. The van der Waals surface area contributed by atoms with E-state index in [2.05, 4.69) is 0 Å². The minimum Gasteiger partial charge on any atom is -0.347 e. The summed E-state index contributed by atoms with van der Waals surface area (Å²) in [5, 5.41) is 9.54. The van der Waals surface area contributed by atoms with Crippen LogP contribution in [0.2, 0.25) is 0 Å². The van der Waals surface area contributed by atoms with Crippen LogP contribution < -0.4 is 5.73 Å². The van der Waals surface area contributed by atoms with Gasteiger partial charge < -0.3 is 9.94 Å². The maximum atomic E-state index is 8.58. The summed E-state index contributed by atoms with van der Waals surface area (Å²) in [6.07, 6.45) is -0.597. The molecule has 1 saturated heterocycles. The van der Waals surface area contributed by atoms with E-state index in [0.717, 1.165) is 5.06 Å². The minimum atomic E-state index is -0.597. The third-order valence-corrected chi connectivity index (χ3v) is 0.903. The molecule has 1 unspecified atom stereocenters. The van der Waals surface area contributed by atoms with E-state index in [1.807, 2.05) is 0 Å². The molecule has 3 N–H and O–H groups in total. The van der Waals surface area contributed by atoms with Crippen LogP contribution in [0.25, 0.3) is 0 Å². The van der Waals surface area contributed by atoms with Gasteiger partial charge in [-0.25, -0.2) is 0 Å². The van der Waals surface area contributed by atoms with Crippen LogP contribution in [0.3, 0.4) is 0 Å². The average molecular weight is 104 g/mol. The van der Waals surface area contributed by atoms with Gasteiger partial charge in [0.05, 0.1) is 13.2 Å². The van der Waals surface area contributed by atoms with Gasteiger partial charge in [-0.05, 0) is 0 Å². The lowest BCUT2D eigenvalue weighted by Gasteiger charge is -2.08. The molecule has 1 rings (SSSR count). The predicted molar refractivity (Wildman–Crippen MR) is 22.4 cm³/mol. The van der Waals surface area contributed by atoms with Crippen molar-refractivity contribution in [3.63, 3.8) is 0 Å². The zero-order chi connectivity index (χ0) is 5.28. The standard InChI is InChI=1S/C3H8N2O2/c4-3-5(6)1-2-7-3/h3,6H,1-2,4H2. The van der Waals surface area contributed by atoms with E-state index >= 15 is 0 Å². The molecule has 0 amide bonds. The number of ether oxygens (including phenoxy) is 1. The van der Waals surface area contributed by atoms with Gasteiger partial charge in [0.15, 0.2) is 6.35 Å². The molecule has 4 nitrogen and oxygen atoms in total. The van der Waals surface area contributed by atoms with E-state index in [1.165, 1.54) is 0 Å². The fourth-order valence-electron chi connectivity index (χ4n) is 0.480. The Morgan fingerprint density at radius 1 is 1.86 bits per heavy atom. The molecule has 0 saturated carbocycles. The Hall–Kier alpha value is -0.160. The van der Waals surface area contributed by atoms with Crippen molar-refractivity contribution in [3.8, 4) is 0 Å². The number of hydroxylamine groups is 2. The van der Waals surface area contributed by atoms with Crippen molar-refractivity contribution in [1.82, 2.24) is 5.06 Å². The third kappa shape index (κ3) is 0.889. The lowest BCUT2D eigenvalue weighted by molar-refractivity contribution is -0.150. The Morgan fingerprint density at radius 3 is 2.71 bits per heavy atom. The summed E-state index contributed by atoms with van der Waals surface area (Å²) in [6.45, 7) is 1.04. The van der Waals surface area contributed by atoms with Gasteiger partial charge in [-0.2, -0.15) is 0 Å². The summed E-state index contributed by atoms with van der Waals surface area (Å²) in [5.41, 5.74) is 5.13. The summed E-state index contributed by atoms with van der Waals surface area (Å²) in [4.78, 5) is 0. The fourth-order valence-corrected chi connectivity index (χ4v) is 0.480. The number of hydrogen-bond acceptors (Lipinski definition) is 4. The second-order valence-electron chi connectivity index (χ2n) is 1.42. The fraction of sp³-hybridized carbons (Fsp3) is 1.00. The molecule has 0 aromatic rings. The van der Waals surface area contributed by atoms with Gasteiger partial charge in [0.2, 0.25) is 0 Å². The first kappa shape index (κ1) is 4.99. The largest absolute Gasteiger partial charge is 0.347 e. The Kier molecular flexibility index (Phi) is 1.25. The second kappa shape index (κ2) is 1.75. The molecule has 1 atom stereocenters. The highest BCUT2D eigenvalue weighted by molar-refractivity contribution is 4.52. The number of rotatable bonds is 0. The van der Waals surface area contributed by atoms with Gasteiger partial charge >= 0.3 is 0 Å². The van der Waals surface area contributed by atoms with E-state index in [0.29, 0.717) is 13.2 Å². The molecular formula is C3H8N2O2. The first-order valence-electron chi connectivity index (χ1n) is 2.13. The van der Waals surface area contributed by atoms with Crippen molar-refractivity contribution in [2.45, 2.75) is 6.35 Å². The monoisotopic (exact) mass is 104 g/mol. The van der Waals surface area contributed by atoms with E-state index in [9.17, 15) is 0 Å². The third-order valence-electron chi connectivity index (χ3n) is 0.903. The van der Waals surface area contributed by atoms with Crippen molar-refractivity contribution < 1.29 is 9.94 Å². The van der Waals surface area contributed by atoms with Crippen LogP contribution >= 0.6 is 0 Å².